The molecule has 0 atom stereocenters. The lowest BCUT2D eigenvalue weighted by Gasteiger charge is -2.47. The second-order valence-electron chi connectivity index (χ2n) is 4.17. The SMILES string of the molecule is CC(C(F)(F)F)(C(F)(F)F)C(C(=O)O)(C(F)(F)F)C(F)(F)F. The Hall–Kier alpha value is -1.37. The lowest BCUT2D eigenvalue weighted by Crippen LogP contribution is -2.72. The standard InChI is InChI=1S/C8H4F12O2/c1-3(5(9,10)11,6(12,13)14)4(2(21)22,7(15,16)17)8(18,19)20/h1H3,(H,21,22). The molecule has 0 fully saturated rings. The lowest BCUT2D eigenvalue weighted by atomic mass is 9.61. The molecule has 14 heteroatoms. The summed E-state index contributed by atoms with van der Waals surface area (Å²) < 4.78 is 151. The van der Waals surface area contributed by atoms with Crippen LogP contribution >= 0.6 is 0 Å². The van der Waals surface area contributed by atoms with Crippen LogP contribution in [-0.2, 0) is 4.79 Å². The maximum Gasteiger partial charge on any atom is 0.415 e. The number of carbonyl (C=O) groups is 1. The zero-order chi connectivity index (χ0) is 18.6. The fraction of sp³-hybridized carbons (Fsp3) is 0.875. The Balaban J connectivity index is 7.27. The molecule has 0 radical (unpaired) electrons. The molecule has 0 bridgehead atoms. The number of carboxylic acid groups (broad SMARTS) is 1. The summed E-state index contributed by atoms with van der Waals surface area (Å²) in [7, 11) is 0. The van der Waals surface area contributed by atoms with Gasteiger partial charge >= 0.3 is 30.7 Å². The van der Waals surface area contributed by atoms with E-state index in [-0.39, 0.29) is 0 Å². The van der Waals surface area contributed by atoms with Crippen molar-refractivity contribution in [3.8, 4) is 0 Å². The molecule has 0 aromatic carbocycles. The van der Waals surface area contributed by atoms with Crippen LogP contribution in [0.2, 0.25) is 0 Å². The van der Waals surface area contributed by atoms with Crippen LogP contribution in [0.1, 0.15) is 6.92 Å². The van der Waals surface area contributed by atoms with Crippen molar-refractivity contribution >= 4 is 5.97 Å². The van der Waals surface area contributed by atoms with Gasteiger partial charge in [-0.15, -0.1) is 0 Å². The number of alkyl halides is 12. The summed E-state index contributed by atoms with van der Waals surface area (Å²) in [5, 5.41) is 8.12. The van der Waals surface area contributed by atoms with Crippen molar-refractivity contribution in [2.45, 2.75) is 31.6 Å². The van der Waals surface area contributed by atoms with Gasteiger partial charge in [0.2, 0.25) is 0 Å². The zero-order valence-corrected chi connectivity index (χ0v) is 9.89. The highest BCUT2D eigenvalue weighted by Gasteiger charge is 2.94. The van der Waals surface area contributed by atoms with E-state index in [9.17, 15) is 57.5 Å². The first-order valence-corrected chi connectivity index (χ1v) is 4.70. The first-order valence-electron chi connectivity index (χ1n) is 4.70. The van der Waals surface area contributed by atoms with Gasteiger partial charge in [-0.3, -0.25) is 4.79 Å². The molecule has 22 heavy (non-hydrogen) atoms. The quantitative estimate of drug-likeness (QED) is 0.745. The highest BCUT2D eigenvalue weighted by molar-refractivity contribution is 5.78. The van der Waals surface area contributed by atoms with Crippen LogP contribution in [0.25, 0.3) is 0 Å². The molecule has 0 unspecified atom stereocenters. The molecule has 0 saturated carbocycles. The average molecular weight is 360 g/mol. The van der Waals surface area contributed by atoms with Crippen LogP contribution in [0.4, 0.5) is 52.7 Å². The molecule has 2 nitrogen and oxygen atoms in total. The maximum absolute atomic E-state index is 12.6. The summed E-state index contributed by atoms with van der Waals surface area (Å²) in [5.74, 6) is -4.37. The lowest BCUT2D eigenvalue weighted by molar-refractivity contribution is -0.454. The van der Waals surface area contributed by atoms with E-state index in [1.165, 1.54) is 0 Å². The molecule has 0 rings (SSSR count). The first kappa shape index (κ1) is 20.6. The molecule has 0 heterocycles. The van der Waals surface area contributed by atoms with E-state index in [0.29, 0.717) is 0 Å². The van der Waals surface area contributed by atoms with E-state index in [4.69, 9.17) is 5.11 Å². The van der Waals surface area contributed by atoms with E-state index in [1.54, 1.807) is 0 Å². The van der Waals surface area contributed by atoms with E-state index in [2.05, 4.69) is 0 Å². The molecule has 0 aliphatic heterocycles. The number of hydrogen-bond donors (Lipinski definition) is 1. The molecule has 0 saturated heterocycles. The van der Waals surface area contributed by atoms with Crippen LogP contribution in [0.15, 0.2) is 0 Å². The van der Waals surface area contributed by atoms with Gasteiger partial charge in [0, 0.05) is 0 Å². The molecule has 1 N–H and O–H groups in total. The highest BCUT2D eigenvalue weighted by atomic mass is 19.4. The molecule has 0 aromatic rings. The molecule has 0 aromatic heterocycles. The summed E-state index contributed by atoms with van der Waals surface area (Å²) in [4.78, 5) is 10.4. The predicted molar refractivity (Wildman–Crippen MR) is 42.4 cm³/mol. The highest BCUT2D eigenvalue weighted by Crippen LogP contribution is 2.70. The number of rotatable bonds is 2. The van der Waals surface area contributed by atoms with E-state index >= 15 is 0 Å². The molecular formula is C8H4F12O2. The van der Waals surface area contributed by atoms with Gasteiger partial charge in [0.05, 0.1) is 0 Å². The van der Waals surface area contributed by atoms with Crippen LogP contribution in [0.3, 0.4) is 0 Å². The Labute approximate surface area is 112 Å². The van der Waals surface area contributed by atoms with Crippen molar-refractivity contribution in [1.82, 2.24) is 0 Å². The Morgan fingerprint density at radius 2 is 0.864 bits per heavy atom. The van der Waals surface area contributed by atoms with E-state index in [1.807, 2.05) is 0 Å². The molecule has 0 aliphatic rings. The average Bonchev–Trinajstić information content (AvgIpc) is 2.07. The van der Waals surface area contributed by atoms with Crippen molar-refractivity contribution < 1.29 is 62.6 Å². The minimum absolute atomic E-state index is 1.50. The fourth-order valence-electron chi connectivity index (χ4n) is 1.77. The fourth-order valence-corrected chi connectivity index (χ4v) is 1.77. The van der Waals surface area contributed by atoms with Crippen molar-refractivity contribution in [2.75, 3.05) is 0 Å². The Kier molecular flexibility index (Phi) is 4.51. The molecular weight excluding hydrogens is 356 g/mol. The second kappa shape index (κ2) is 4.81. The first-order chi connectivity index (χ1) is 9.19. The number of carboxylic acids is 1. The third kappa shape index (κ3) is 2.35. The normalized spacial score (nSPS) is 15.9. The summed E-state index contributed by atoms with van der Waals surface area (Å²) >= 11 is 0. The summed E-state index contributed by atoms with van der Waals surface area (Å²) in [6, 6.07) is 0. The van der Waals surface area contributed by atoms with Gasteiger partial charge in [0.15, 0.2) is 5.41 Å². The number of aliphatic carboxylic acids is 1. The third-order valence-corrected chi connectivity index (χ3v) is 3.06. The van der Waals surface area contributed by atoms with Crippen LogP contribution in [0.5, 0.6) is 0 Å². The van der Waals surface area contributed by atoms with Gasteiger partial charge in [-0.1, -0.05) is 0 Å². The molecule has 0 aliphatic carbocycles. The second-order valence-corrected chi connectivity index (χ2v) is 4.17. The van der Waals surface area contributed by atoms with Crippen LogP contribution in [0, 0.1) is 10.8 Å². The monoisotopic (exact) mass is 360 g/mol. The summed E-state index contributed by atoms with van der Waals surface area (Å²) in [6.45, 7) is -1.50. The van der Waals surface area contributed by atoms with Crippen molar-refractivity contribution in [2.24, 2.45) is 10.8 Å². The predicted octanol–water partition coefficient (Wildman–Crippen LogP) is 4.31. The van der Waals surface area contributed by atoms with Gasteiger partial charge in [-0.05, 0) is 6.92 Å². The minimum Gasteiger partial charge on any atom is -0.480 e. The van der Waals surface area contributed by atoms with Gasteiger partial charge in [0.25, 0.3) is 5.41 Å². The molecule has 0 amide bonds. The maximum atomic E-state index is 12.6. The smallest absolute Gasteiger partial charge is 0.415 e. The summed E-state index contributed by atoms with van der Waals surface area (Å²) in [6.07, 6.45) is -29.4. The van der Waals surface area contributed by atoms with Crippen LogP contribution < -0.4 is 0 Å². The number of halogens is 12. The van der Waals surface area contributed by atoms with Gasteiger partial charge in [-0.25, -0.2) is 0 Å². The van der Waals surface area contributed by atoms with Crippen molar-refractivity contribution in [3.05, 3.63) is 0 Å². The van der Waals surface area contributed by atoms with Gasteiger partial charge < -0.3 is 5.11 Å². The largest absolute Gasteiger partial charge is 0.480 e. The molecule has 0 spiro atoms. The van der Waals surface area contributed by atoms with Crippen molar-refractivity contribution in [3.63, 3.8) is 0 Å². The topological polar surface area (TPSA) is 37.3 Å². The Bertz CT molecular complexity index is 408. The van der Waals surface area contributed by atoms with Gasteiger partial charge in [0.1, 0.15) is 0 Å². The zero-order valence-electron chi connectivity index (χ0n) is 9.89. The third-order valence-electron chi connectivity index (χ3n) is 3.06. The molecule has 132 valence electrons. The van der Waals surface area contributed by atoms with E-state index in [0.717, 1.165) is 0 Å². The van der Waals surface area contributed by atoms with Crippen LogP contribution in [-0.4, -0.2) is 35.8 Å². The van der Waals surface area contributed by atoms with E-state index < -0.39 is 48.4 Å². The minimum atomic E-state index is -7.45. The number of hydrogen-bond acceptors (Lipinski definition) is 1. The Morgan fingerprint density at radius 1 is 0.636 bits per heavy atom. The van der Waals surface area contributed by atoms with Gasteiger partial charge in [-0.2, -0.15) is 52.7 Å². The summed E-state index contributed by atoms with van der Waals surface area (Å²) in [5.41, 5.74) is -13.8. The Morgan fingerprint density at radius 3 is 0.909 bits per heavy atom. The van der Waals surface area contributed by atoms with Crippen molar-refractivity contribution in [1.29, 1.82) is 0 Å².